The first-order valence-corrected chi connectivity index (χ1v) is 6.45. The predicted octanol–water partition coefficient (Wildman–Crippen LogP) is 1.11. The Morgan fingerprint density at radius 3 is 2.94 bits per heavy atom. The van der Waals surface area contributed by atoms with E-state index in [0.717, 1.165) is 16.7 Å². The fraction of sp³-hybridized carbons (Fsp3) is 0.250. The Labute approximate surface area is 108 Å². The van der Waals surface area contributed by atoms with Gasteiger partial charge in [0.1, 0.15) is 0 Å². The molecule has 2 aromatic heterocycles. The smallest absolute Gasteiger partial charge is 0.344 e. The number of nitrogens with zero attached hydrogens (tertiary/aromatic N) is 1. The molecule has 2 N–H and O–H groups in total. The van der Waals surface area contributed by atoms with Gasteiger partial charge in [-0.3, -0.25) is 4.79 Å². The molecule has 0 fully saturated rings. The summed E-state index contributed by atoms with van der Waals surface area (Å²) in [6, 6.07) is 0. The molecule has 2 heterocycles. The van der Waals surface area contributed by atoms with Crippen molar-refractivity contribution >= 4 is 17.2 Å². The van der Waals surface area contributed by atoms with E-state index in [1.54, 1.807) is 6.20 Å². The number of H-pyrrole nitrogens is 1. The third kappa shape index (κ3) is 3.04. The molecular formula is C12H13N3O2S. The van der Waals surface area contributed by atoms with Crippen LogP contribution in [0.4, 0.5) is 0 Å². The van der Waals surface area contributed by atoms with E-state index >= 15 is 0 Å². The molecule has 6 heteroatoms. The SMILES string of the molecule is Cc1cscc1C(=O)NCCc1cnc(=O)[nH]c1. The van der Waals surface area contributed by atoms with Crippen LogP contribution in [0.15, 0.2) is 27.9 Å². The molecule has 2 rings (SSSR count). The number of carbonyl (C=O) groups excluding carboxylic acids is 1. The molecule has 0 aromatic carbocycles. The normalized spacial score (nSPS) is 10.3. The lowest BCUT2D eigenvalue weighted by molar-refractivity contribution is 0.0954. The topological polar surface area (TPSA) is 74.8 Å². The van der Waals surface area contributed by atoms with Crippen LogP contribution in [0.25, 0.3) is 0 Å². The van der Waals surface area contributed by atoms with Gasteiger partial charge in [-0.2, -0.15) is 11.3 Å². The van der Waals surface area contributed by atoms with Gasteiger partial charge in [-0.1, -0.05) is 0 Å². The van der Waals surface area contributed by atoms with Crippen LogP contribution >= 0.6 is 11.3 Å². The molecule has 0 atom stereocenters. The number of amides is 1. The van der Waals surface area contributed by atoms with Gasteiger partial charge < -0.3 is 10.3 Å². The first-order chi connectivity index (χ1) is 8.66. The number of hydrogen-bond donors (Lipinski definition) is 2. The van der Waals surface area contributed by atoms with E-state index < -0.39 is 0 Å². The molecule has 0 saturated heterocycles. The zero-order chi connectivity index (χ0) is 13.0. The van der Waals surface area contributed by atoms with E-state index in [2.05, 4.69) is 15.3 Å². The molecule has 0 saturated carbocycles. The molecular weight excluding hydrogens is 250 g/mol. The van der Waals surface area contributed by atoms with Gasteiger partial charge in [0, 0.05) is 24.3 Å². The van der Waals surface area contributed by atoms with Crippen LogP contribution < -0.4 is 11.0 Å². The molecule has 5 nitrogen and oxygen atoms in total. The molecule has 0 spiro atoms. The maximum absolute atomic E-state index is 11.8. The fourth-order valence-electron chi connectivity index (χ4n) is 1.52. The number of rotatable bonds is 4. The third-order valence-corrected chi connectivity index (χ3v) is 3.39. The number of thiophene rings is 1. The van der Waals surface area contributed by atoms with Gasteiger partial charge in [0.15, 0.2) is 0 Å². The maximum atomic E-state index is 11.8. The summed E-state index contributed by atoms with van der Waals surface area (Å²) in [5.74, 6) is -0.0638. The van der Waals surface area contributed by atoms with Crippen molar-refractivity contribution in [3.05, 3.63) is 50.3 Å². The molecule has 2 aromatic rings. The van der Waals surface area contributed by atoms with Gasteiger partial charge in [0.25, 0.3) is 5.91 Å². The minimum atomic E-state index is -0.364. The highest BCUT2D eigenvalue weighted by molar-refractivity contribution is 7.08. The second kappa shape index (κ2) is 5.59. The molecule has 0 radical (unpaired) electrons. The summed E-state index contributed by atoms with van der Waals surface area (Å²) in [6.45, 7) is 2.43. The van der Waals surface area contributed by atoms with E-state index in [4.69, 9.17) is 0 Å². The van der Waals surface area contributed by atoms with Crippen molar-refractivity contribution in [2.45, 2.75) is 13.3 Å². The van der Waals surface area contributed by atoms with E-state index in [1.165, 1.54) is 17.5 Å². The predicted molar refractivity (Wildman–Crippen MR) is 70.0 cm³/mol. The summed E-state index contributed by atoms with van der Waals surface area (Å²) < 4.78 is 0. The second-order valence-corrected chi connectivity index (χ2v) is 4.64. The van der Waals surface area contributed by atoms with Crippen LogP contribution in [0.5, 0.6) is 0 Å². The van der Waals surface area contributed by atoms with Gasteiger partial charge in [0.05, 0.1) is 5.56 Å². The molecule has 0 bridgehead atoms. The summed E-state index contributed by atoms with van der Waals surface area (Å²) >= 11 is 1.52. The Hall–Kier alpha value is -1.95. The molecule has 0 aliphatic rings. The Morgan fingerprint density at radius 1 is 1.50 bits per heavy atom. The zero-order valence-electron chi connectivity index (χ0n) is 9.90. The highest BCUT2D eigenvalue weighted by atomic mass is 32.1. The van der Waals surface area contributed by atoms with Crippen LogP contribution in [0.3, 0.4) is 0 Å². The van der Waals surface area contributed by atoms with E-state index in [9.17, 15) is 9.59 Å². The maximum Gasteiger partial charge on any atom is 0.344 e. The molecule has 0 aliphatic heterocycles. The fourth-order valence-corrected chi connectivity index (χ4v) is 2.34. The zero-order valence-corrected chi connectivity index (χ0v) is 10.7. The standard InChI is InChI=1S/C12H13N3O2S/c1-8-6-18-7-10(8)11(16)13-3-2-9-4-14-12(17)15-5-9/h4-7H,2-3H2,1H3,(H,13,16)(H,14,15,17). The van der Waals surface area contributed by atoms with E-state index in [-0.39, 0.29) is 11.6 Å². The monoisotopic (exact) mass is 263 g/mol. The molecule has 1 amide bonds. The summed E-state index contributed by atoms with van der Waals surface area (Å²) in [5, 5.41) is 6.62. The van der Waals surface area contributed by atoms with E-state index in [1.807, 2.05) is 17.7 Å². The quantitative estimate of drug-likeness (QED) is 0.867. The number of aryl methyl sites for hydroxylation is 1. The van der Waals surface area contributed by atoms with Crippen molar-refractivity contribution in [2.24, 2.45) is 0 Å². The van der Waals surface area contributed by atoms with Crippen molar-refractivity contribution in [3.8, 4) is 0 Å². The lowest BCUT2D eigenvalue weighted by Gasteiger charge is -2.04. The van der Waals surface area contributed by atoms with Crippen LogP contribution in [0.1, 0.15) is 21.5 Å². The lowest BCUT2D eigenvalue weighted by Crippen LogP contribution is -2.26. The van der Waals surface area contributed by atoms with Crippen LogP contribution in [-0.4, -0.2) is 22.4 Å². The number of aromatic nitrogens is 2. The van der Waals surface area contributed by atoms with Crippen LogP contribution in [0.2, 0.25) is 0 Å². The minimum Gasteiger partial charge on any atom is -0.352 e. The molecule has 0 unspecified atom stereocenters. The van der Waals surface area contributed by atoms with Crippen molar-refractivity contribution in [2.75, 3.05) is 6.54 Å². The van der Waals surface area contributed by atoms with Crippen LogP contribution in [0, 0.1) is 6.92 Å². The number of carbonyl (C=O) groups is 1. The minimum absolute atomic E-state index is 0.0638. The highest BCUT2D eigenvalue weighted by Crippen LogP contribution is 2.13. The molecule has 0 aliphatic carbocycles. The van der Waals surface area contributed by atoms with Gasteiger partial charge in [-0.05, 0) is 29.9 Å². The van der Waals surface area contributed by atoms with Gasteiger partial charge in [0.2, 0.25) is 0 Å². The summed E-state index contributed by atoms with van der Waals surface area (Å²) in [7, 11) is 0. The Morgan fingerprint density at radius 2 is 2.33 bits per heavy atom. The summed E-state index contributed by atoms with van der Waals surface area (Å²) in [4.78, 5) is 28.7. The van der Waals surface area contributed by atoms with Gasteiger partial charge >= 0.3 is 5.69 Å². The number of aromatic amines is 1. The van der Waals surface area contributed by atoms with Crippen molar-refractivity contribution in [1.82, 2.24) is 15.3 Å². The summed E-state index contributed by atoms with van der Waals surface area (Å²) in [5.41, 5.74) is 2.23. The average molecular weight is 263 g/mol. The van der Waals surface area contributed by atoms with Crippen LogP contribution in [-0.2, 0) is 6.42 Å². The lowest BCUT2D eigenvalue weighted by atomic mass is 10.2. The largest absolute Gasteiger partial charge is 0.352 e. The van der Waals surface area contributed by atoms with Gasteiger partial charge in [-0.25, -0.2) is 9.78 Å². The molecule has 94 valence electrons. The third-order valence-electron chi connectivity index (χ3n) is 2.53. The Balaban J connectivity index is 1.86. The first kappa shape index (κ1) is 12.5. The average Bonchev–Trinajstić information content (AvgIpc) is 2.78. The van der Waals surface area contributed by atoms with E-state index in [0.29, 0.717) is 13.0 Å². The summed E-state index contributed by atoms with van der Waals surface area (Å²) in [6.07, 6.45) is 3.76. The van der Waals surface area contributed by atoms with Crippen molar-refractivity contribution in [1.29, 1.82) is 0 Å². The number of nitrogens with one attached hydrogen (secondary N) is 2. The van der Waals surface area contributed by atoms with Crippen molar-refractivity contribution < 1.29 is 4.79 Å². The molecule has 18 heavy (non-hydrogen) atoms. The second-order valence-electron chi connectivity index (χ2n) is 3.90. The number of hydrogen-bond acceptors (Lipinski definition) is 4. The van der Waals surface area contributed by atoms with Gasteiger partial charge in [-0.15, -0.1) is 0 Å². The Kier molecular flexibility index (Phi) is 3.88. The van der Waals surface area contributed by atoms with Crippen molar-refractivity contribution in [3.63, 3.8) is 0 Å². The Bertz CT molecular complexity index is 583. The first-order valence-electron chi connectivity index (χ1n) is 5.51. The highest BCUT2D eigenvalue weighted by Gasteiger charge is 2.08.